The largest absolute Gasteiger partial charge is 0.322 e. The van der Waals surface area contributed by atoms with Crippen molar-refractivity contribution in [2.75, 3.05) is 10.6 Å². The number of nitrogens with zero attached hydrogens (tertiary/aromatic N) is 2. The first kappa shape index (κ1) is 9.25. The molecule has 0 unspecified atom stereocenters. The molecule has 0 bridgehead atoms. The van der Waals surface area contributed by atoms with Crippen molar-refractivity contribution in [1.82, 2.24) is 9.78 Å². The van der Waals surface area contributed by atoms with Gasteiger partial charge in [0.05, 0.1) is 22.9 Å². The maximum absolute atomic E-state index is 10.9. The summed E-state index contributed by atoms with van der Waals surface area (Å²) in [6, 6.07) is 0. The third-order valence-electron chi connectivity index (χ3n) is 1.63. The molecule has 0 saturated carbocycles. The average Bonchev–Trinajstić information content (AvgIpc) is 2.36. The van der Waals surface area contributed by atoms with Crippen LogP contribution in [0.4, 0.5) is 5.69 Å². The highest BCUT2D eigenvalue weighted by Crippen LogP contribution is 2.11. The summed E-state index contributed by atoms with van der Waals surface area (Å²) in [7, 11) is 1.83. The Labute approximate surface area is 79.1 Å². The van der Waals surface area contributed by atoms with Gasteiger partial charge in [0.25, 0.3) is 0 Å². The number of halogens is 1. The summed E-state index contributed by atoms with van der Waals surface area (Å²) < 4.78 is 1.71. The van der Waals surface area contributed by atoms with Gasteiger partial charge in [-0.2, -0.15) is 5.10 Å². The van der Waals surface area contributed by atoms with Crippen LogP contribution in [0, 0.1) is 6.92 Å². The number of rotatable bonds is 2. The van der Waals surface area contributed by atoms with Crippen LogP contribution in [0.2, 0.25) is 0 Å². The van der Waals surface area contributed by atoms with E-state index in [2.05, 4.69) is 26.3 Å². The molecule has 4 nitrogen and oxygen atoms in total. The van der Waals surface area contributed by atoms with E-state index in [0.717, 1.165) is 11.4 Å². The van der Waals surface area contributed by atoms with Crippen LogP contribution in [-0.2, 0) is 11.8 Å². The number of carbonyl (C=O) groups excluding carboxylic acids is 1. The number of carbonyl (C=O) groups is 1. The predicted molar refractivity (Wildman–Crippen MR) is 50.4 cm³/mol. The van der Waals surface area contributed by atoms with E-state index in [1.54, 1.807) is 10.9 Å². The first-order chi connectivity index (χ1) is 5.65. The van der Waals surface area contributed by atoms with E-state index < -0.39 is 0 Å². The van der Waals surface area contributed by atoms with Crippen LogP contribution in [0.1, 0.15) is 5.69 Å². The van der Waals surface area contributed by atoms with Gasteiger partial charge in [-0.25, -0.2) is 0 Å². The minimum atomic E-state index is -0.0638. The summed E-state index contributed by atoms with van der Waals surface area (Å²) >= 11 is 3.06. The maximum atomic E-state index is 10.9. The van der Waals surface area contributed by atoms with E-state index in [-0.39, 0.29) is 5.91 Å². The minimum Gasteiger partial charge on any atom is -0.322 e. The molecule has 66 valence electrons. The predicted octanol–water partition coefficient (Wildman–Crippen LogP) is 1.06. The Bertz CT molecular complexity index is 295. The van der Waals surface area contributed by atoms with Crippen LogP contribution in [0.3, 0.4) is 0 Å². The van der Waals surface area contributed by atoms with Gasteiger partial charge in [-0.1, -0.05) is 15.9 Å². The smallest absolute Gasteiger partial charge is 0.235 e. The molecule has 1 rings (SSSR count). The molecule has 0 aromatic carbocycles. The molecule has 1 aromatic rings. The van der Waals surface area contributed by atoms with Crippen LogP contribution in [0.25, 0.3) is 0 Å². The van der Waals surface area contributed by atoms with Crippen LogP contribution in [-0.4, -0.2) is 21.0 Å². The molecule has 5 heteroatoms. The molecule has 0 aliphatic heterocycles. The number of anilines is 1. The van der Waals surface area contributed by atoms with Crippen molar-refractivity contribution in [3.8, 4) is 0 Å². The number of amides is 1. The minimum absolute atomic E-state index is 0.0638. The molecule has 0 fully saturated rings. The third-order valence-corrected chi connectivity index (χ3v) is 2.14. The highest BCUT2D eigenvalue weighted by atomic mass is 79.9. The topological polar surface area (TPSA) is 46.9 Å². The zero-order valence-corrected chi connectivity index (χ0v) is 8.55. The summed E-state index contributed by atoms with van der Waals surface area (Å²) in [5, 5.41) is 7.01. The highest BCUT2D eigenvalue weighted by molar-refractivity contribution is 9.09. The molecular formula is C7H10BrN3O. The zero-order valence-electron chi connectivity index (χ0n) is 6.97. The molecule has 12 heavy (non-hydrogen) atoms. The Hall–Kier alpha value is -0.840. The first-order valence-electron chi connectivity index (χ1n) is 3.49. The molecule has 1 amide bonds. The molecule has 0 saturated heterocycles. The van der Waals surface area contributed by atoms with Crippen molar-refractivity contribution in [3.05, 3.63) is 11.9 Å². The van der Waals surface area contributed by atoms with Gasteiger partial charge >= 0.3 is 0 Å². The van der Waals surface area contributed by atoms with Gasteiger partial charge in [0.2, 0.25) is 5.91 Å². The number of aromatic nitrogens is 2. The van der Waals surface area contributed by atoms with Crippen molar-refractivity contribution in [2.24, 2.45) is 7.05 Å². The van der Waals surface area contributed by atoms with Gasteiger partial charge < -0.3 is 5.32 Å². The SMILES string of the molecule is Cc1c(NC(=O)CBr)cnn1C. The lowest BCUT2D eigenvalue weighted by atomic mass is 10.4. The number of hydrogen-bond acceptors (Lipinski definition) is 2. The Morgan fingerprint density at radius 3 is 2.92 bits per heavy atom. The van der Waals surface area contributed by atoms with Gasteiger partial charge in [0.1, 0.15) is 0 Å². The van der Waals surface area contributed by atoms with Gasteiger partial charge in [0.15, 0.2) is 0 Å². The third kappa shape index (κ3) is 1.85. The Kier molecular flexibility index (Phi) is 2.86. The van der Waals surface area contributed by atoms with E-state index in [9.17, 15) is 4.79 Å². The summed E-state index contributed by atoms with van der Waals surface area (Å²) in [6.45, 7) is 1.90. The molecule has 0 radical (unpaired) electrons. The summed E-state index contributed by atoms with van der Waals surface area (Å²) in [5.74, 6) is -0.0638. The van der Waals surface area contributed by atoms with Crippen molar-refractivity contribution in [3.63, 3.8) is 0 Å². The highest BCUT2D eigenvalue weighted by Gasteiger charge is 2.05. The molecule has 1 aromatic heterocycles. The summed E-state index contributed by atoms with van der Waals surface area (Å²) in [5.41, 5.74) is 1.71. The Balaban J connectivity index is 2.76. The Morgan fingerprint density at radius 1 is 1.83 bits per heavy atom. The fraction of sp³-hybridized carbons (Fsp3) is 0.429. The zero-order chi connectivity index (χ0) is 9.14. The van der Waals surface area contributed by atoms with Crippen LogP contribution in [0.5, 0.6) is 0 Å². The van der Waals surface area contributed by atoms with Gasteiger partial charge in [-0.15, -0.1) is 0 Å². The van der Waals surface area contributed by atoms with Crippen LogP contribution in [0.15, 0.2) is 6.20 Å². The molecule has 0 atom stereocenters. The number of nitrogens with one attached hydrogen (secondary N) is 1. The van der Waals surface area contributed by atoms with E-state index in [1.165, 1.54) is 0 Å². The summed E-state index contributed by atoms with van der Waals surface area (Å²) in [4.78, 5) is 10.9. The molecule has 1 N–H and O–H groups in total. The lowest BCUT2D eigenvalue weighted by molar-refractivity contribution is -0.113. The second-order valence-electron chi connectivity index (χ2n) is 2.45. The quantitative estimate of drug-likeness (QED) is 0.775. The number of alkyl halides is 1. The number of aryl methyl sites for hydroxylation is 1. The molecule has 0 aliphatic carbocycles. The van der Waals surface area contributed by atoms with Gasteiger partial charge in [-0.05, 0) is 6.92 Å². The van der Waals surface area contributed by atoms with E-state index in [0.29, 0.717) is 5.33 Å². The average molecular weight is 232 g/mol. The molecule has 0 aliphatic rings. The van der Waals surface area contributed by atoms with Crippen LogP contribution < -0.4 is 5.32 Å². The standard InChI is InChI=1S/C7H10BrN3O/c1-5-6(4-9-11(5)2)10-7(12)3-8/h4H,3H2,1-2H3,(H,10,12). The maximum Gasteiger partial charge on any atom is 0.235 e. The van der Waals surface area contributed by atoms with E-state index in [4.69, 9.17) is 0 Å². The number of hydrogen-bond donors (Lipinski definition) is 1. The summed E-state index contributed by atoms with van der Waals surface area (Å²) in [6.07, 6.45) is 1.63. The van der Waals surface area contributed by atoms with Gasteiger partial charge in [-0.3, -0.25) is 9.48 Å². The second-order valence-corrected chi connectivity index (χ2v) is 3.01. The molecule has 0 spiro atoms. The van der Waals surface area contributed by atoms with Crippen LogP contribution >= 0.6 is 15.9 Å². The fourth-order valence-electron chi connectivity index (χ4n) is 0.805. The van der Waals surface area contributed by atoms with Crippen molar-refractivity contribution in [1.29, 1.82) is 0 Å². The monoisotopic (exact) mass is 231 g/mol. The normalized spacial score (nSPS) is 9.92. The first-order valence-corrected chi connectivity index (χ1v) is 4.61. The lowest BCUT2D eigenvalue weighted by Crippen LogP contribution is -2.12. The fourth-order valence-corrected chi connectivity index (χ4v) is 0.945. The van der Waals surface area contributed by atoms with E-state index in [1.807, 2.05) is 14.0 Å². The molecule has 1 heterocycles. The second kappa shape index (κ2) is 3.71. The van der Waals surface area contributed by atoms with Gasteiger partial charge in [0, 0.05) is 7.05 Å². The molecular weight excluding hydrogens is 222 g/mol. The lowest BCUT2D eigenvalue weighted by Gasteiger charge is -2.00. The van der Waals surface area contributed by atoms with Crippen molar-refractivity contribution >= 4 is 27.5 Å². The van der Waals surface area contributed by atoms with E-state index >= 15 is 0 Å². The van der Waals surface area contributed by atoms with Crippen molar-refractivity contribution in [2.45, 2.75) is 6.92 Å². The Morgan fingerprint density at radius 2 is 2.50 bits per heavy atom. The van der Waals surface area contributed by atoms with Crippen molar-refractivity contribution < 1.29 is 4.79 Å².